The number of piperidine rings is 1. The predicted molar refractivity (Wildman–Crippen MR) is 70.1 cm³/mol. The first-order valence-electron chi connectivity index (χ1n) is 7.11. The minimum absolute atomic E-state index is 0.0973. The van der Waals surface area contributed by atoms with E-state index in [1.165, 1.54) is 25.9 Å². The van der Waals surface area contributed by atoms with E-state index in [4.69, 9.17) is 5.73 Å². The zero-order valence-corrected chi connectivity index (χ0v) is 11.2. The molecule has 0 aromatic carbocycles. The van der Waals surface area contributed by atoms with Crippen LogP contribution in [0, 0.1) is 5.92 Å². The first-order valence-corrected chi connectivity index (χ1v) is 7.11. The smallest absolute Gasteiger partial charge is 0.134 e. The lowest BCUT2D eigenvalue weighted by molar-refractivity contribution is 0.205. The van der Waals surface area contributed by atoms with Gasteiger partial charge in [-0.3, -0.25) is 4.57 Å². The summed E-state index contributed by atoms with van der Waals surface area (Å²) in [6, 6.07) is 0. The van der Waals surface area contributed by atoms with Crippen LogP contribution in [0.4, 0.5) is 0 Å². The highest BCUT2D eigenvalue weighted by Crippen LogP contribution is 2.25. The lowest BCUT2D eigenvalue weighted by Crippen LogP contribution is -2.34. The van der Waals surface area contributed by atoms with E-state index in [2.05, 4.69) is 26.7 Å². The molecule has 0 amide bonds. The van der Waals surface area contributed by atoms with Gasteiger partial charge >= 0.3 is 0 Å². The Labute approximate surface area is 108 Å². The molecule has 5 nitrogen and oxygen atoms in total. The molecule has 3 rings (SSSR count). The second kappa shape index (κ2) is 4.97. The van der Waals surface area contributed by atoms with Crippen molar-refractivity contribution >= 4 is 0 Å². The molecule has 1 aromatic rings. The number of nitrogens with two attached hydrogens (primary N) is 1. The molecule has 1 fully saturated rings. The van der Waals surface area contributed by atoms with Crippen molar-refractivity contribution in [2.75, 3.05) is 20.1 Å². The van der Waals surface area contributed by atoms with E-state index in [1.807, 2.05) is 0 Å². The molecule has 2 unspecified atom stereocenters. The maximum atomic E-state index is 6.20. The average molecular weight is 249 g/mol. The van der Waals surface area contributed by atoms with Gasteiger partial charge in [0.1, 0.15) is 11.6 Å². The van der Waals surface area contributed by atoms with E-state index < -0.39 is 0 Å². The minimum Gasteiger partial charge on any atom is -0.311 e. The van der Waals surface area contributed by atoms with Gasteiger partial charge in [0.2, 0.25) is 0 Å². The zero-order valence-electron chi connectivity index (χ0n) is 11.2. The van der Waals surface area contributed by atoms with Crippen molar-refractivity contribution in [2.24, 2.45) is 11.7 Å². The summed E-state index contributed by atoms with van der Waals surface area (Å²) in [6.07, 6.45) is 6.97. The Morgan fingerprint density at radius 1 is 1.28 bits per heavy atom. The summed E-state index contributed by atoms with van der Waals surface area (Å²) < 4.78 is 2.19. The molecular weight excluding hydrogens is 226 g/mol. The van der Waals surface area contributed by atoms with E-state index in [0.29, 0.717) is 5.92 Å². The molecule has 0 aliphatic carbocycles. The standard InChI is InChI=1S/C13H23N5/c1-17-7-3-4-10(9-17)8-13-16-15-12-6-2-5-11(14)18(12)13/h10-11H,2-9,14H2,1H3. The summed E-state index contributed by atoms with van der Waals surface area (Å²) in [6.45, 7) is 2.41. The van der Waals surface area contributed by atoms with E-state index in [9.17, 15) is 0 Å². The van der Waals surface area contributed by atoms with Crippen molar-refractivity contribution in [3.8, 4) is 0 Å². The number of hydrogen-bond acceptors (Lipinski definition) is 4. The zero-order chi connectivity index (χ0) is 12.5. The van der Waals surface area contributed by atoms with Crippen molar-refractivity contribution < 1.29 is 0 Å². The average Bonchev–Trinajstić information content (AvgIpc) is 2.74. The van der Waals surface area contributed by atoms with Crippen LogP contribution in [0.3, 0.4) is 0 Å². The van der Waals surface area contributed by atoms with Crippen LogP contribution in [0.2, 0.25) is 0 Å². The number of aromatic nitrogens is 3. The van der Waals surface area contributed by atoms with Crippen LogP contribution >= 0.6 is 0 Å². The molecule has 0 spiro atoms. The van der Waals surface area contributed by atoms with E-state index in [-0.39, 0.29) is 6.17 Å². The number of fused-ring (bicyclic) bond motifs is 1. The highest BCUT2D eigenvalue weighted by Gasteiger charge is 2.25. The third-order valence-electron chi connectivity index (χ3n) is 4.26. The van der Waals surface area contributed by atoms with Gasteiger partial charge in [0.15, 0.2) is 0 Å². The minimum atomic E-state index is 0.0973. The second-order valence-electron chi connectivity index (χ2n) is 5.84. The Balaban J connectivity index is 1.75. The summed E-state index contributed by atoms with van der Waals surface area (Å²) in [5.41, 5.74) is 6.20. The van der Waals surface area contributed by atoms with Gasteiger partial charge in [0.05, 0.1) is 6.17 Å². The number of nitrogens with zero attached hydrogens (tertiary/aromatic N) is 4. The molecule has 2 N–H and O–H groups in total. The topological polar surface area (TPSA) is 60.0 Å². The number of rotatable bonds is 2. The highest BCUT2D eigenvalue weighted by molar-refractivity contribution is 5.02. The maximum absolute atomic E-state index is 6.20. The largest absolute Gasteiger partial charge is 0.311 e. The Hall–Kier alpha value is -0.940. The van der Waals surface area contributed by atoms with Gasteiger partial charge in [-0.05, 0) is 45.2 Å². The predicted octanol–water partition coefficient (Wildman–Crippen LogP) is 0.956. The fraction of sp³-hybridized carbons (Fsp3) is 0.846. The van der Waals surface area contributed by atoms with Crippen molar-refractivity contribution in [1.82, 2.24) is 19.7 Å². The second-order valence-corrected chi connectivity index (χ2v) is 5.84. The molecule has 100 valence electrons. The Morgan fingerprint density at radius 2 is 2.17 bits per heavy atom. The normalized spacial score (nSPS) is 29.2. The lowest BCUT2D eigenvalue weighted by Gasteiger charge is -2.30. The molecule has 5 heteroatoms. The molecule has 0 radical (unpaired) electrons. The molecule has 2 aliphatic heterocycles. The Morgan fingerprint density at radius 3 is 3.00 bits per heavy atom. The number of aryl methyl sites for hydroxylation is 1. The van der Waals surface area contributed by atoms with Gasteiger partial charge in [-0.15, -0.1) is 10.2 Å². The summed E-state index contributed by atoms with van der Waals surface area (Å²) in [7, 11) is 2.21. The fourth-order valence-electron chi connectivity index (χ4n) is 3.35. The molecule has 0 bridgehead atoms. The van der Waals surface area contributed by atoms with Gasteiger partial charge in [-0.2, -0.15) is 0 Å². The van der Waals surface area contributed by atoms with Crippen LogP contribution in [-0.2, 0) is 12.8 Å². The molecule has 0 saturated carbocycles. The quantitative estimate of drug-likeness (QED) is 0.848. The fourth-order valence-corrected chi connectivity index (χ4v) is 3.35. The monoisotopic (exact) mass is 249 g/mol. The van der Waals surface area contributed by atoms with Gasteiger partial charge in [0.25, 0.3) is 0 Å². The lowest BCUT2D eigenvalue weighted by atomic mass is 9.94. The maximum Gasteiger partial charge on any atom is 0.134 e. The van der Waals surface area contributed by atoms with Crippen LogP contribution in [0.5, 0.6) is 0 Å². The molecule has 2 atom stereocenters. The van der Waals surface area contributed by atoms with Crippen LogP contribution in [0.1, 0.15) is 43.5 Å². The number of likely N-dealkylation sites (tertiary alicyclic amines) is 1. The molecule has 1 saturated heterocycles. The van der Waals surface area contributed by atoms with Crippen LogP contribution in [-0.4, -0.2) is 39.8 Å². The van der Waals surface area contributed by atoms with Crippen molar-refractivity contribution in [3.05, 3.63) is 11.6 Å². The first-order chi connectivity index (χ1) is 8.74. The van der Waals surface area contributed by atoms with Crippen molar-refractivity contribution in [3.63, 3.8) is 0 Å². The summed E-state index contributed by atoms with van der Waals surface area (Å²) in [5.74, 6) is 2.91. The highest BCUT2D eigenvalue weighted by atomic mass is 15.3. The van der Waals surface area contributed by atoms with Crippen molar-refractivity contribution in [2.45, 2.75) is 44.7 Å². The first kappa shape index (κ1) is 12.1. The summed E-state index contributed by atoms with van der Waals surface area (Å²) >= 11 is 0. The van der Waals surface area contributed by atoms with Gasteiger partial charge in [-0.25, -0.2) is 0 Å². The Kier molecular flexibility index (Phi) is 3.35. The molecule has 2 aliphatic rings. The van der Waals surface area contributed by atoms with Crippen LogP contribution < -0.4 is 5.73 Å². The van der Waals surface area contributed by atoms with Gasteiger partial charge < -0.3 is 10.6 Å². The van der Waals surface area contributed by atoms with E-state index in [1.54, 1.807) is 0 Å². The molecular formula is C13H23N5. The third kappa shape index (κ3) is 2.29. The van der Waals surface area contributed by atoms with Crippen LogP contribution in [0.15, 0.2) is 0 Å². The van der Waals surface area contributed by atoms with Gasteiger partial charge in [-0.1, -0.05) is 0 Å². The van der Waals surface area contributed by atoms with Crippen LogP contribution in [0.25, 0.3) is 0 Å². The number of hydrogen-bond donors (Lipinski definition) is 1. The molecule has 1 aromatic heterocycles. The molecule has 18 heavy (non-hydrogen) atoms. The Bertz CT molecular complexity index is 414. The summed E-state index contributed by atoms with van der Waals surface area (Å²) in [5, 5.41) is 8.69. The summed E-state index contributed by atoms with van der Waals surface area (Å²) in [4.78, 5) is 2.42. The van der Waals surface area contributed by atoms with Gasteiger partial charge in [0, 0.05) is 19.4 Å². The third-order valence-corrected chi connectivity index (χ3v) is 4.26. The molecule has 3 heterocycles. The van der Waals surface area contributed by atoms with E-state index in [0.717, 1.165) is 37.3 Å². The van der Waals surface area contributed by atoms with E-state index >= 15 is 0 Å². The van der Waals surface area contributed by atoms with Crippen molar-refractivity contribution in [1.29, 1.82) is 0 Å². The SMILES string of the molecule is CN1CCCC(Cc2nnc3n2C(N)CCC3)C1.